The Morgan fingerprint density at radius 3 is 2.57 bits per heavy atom. The van der Waals surface area contributed by atoms with Gasteiger partial charge in [-0.05, 0) is 52.9 Å². The minimum atomic E-state index is -3.53. The van der Waals surface area contributed by atoms with Crippen molar-refractivity contribution >= 4 is 49.0 Å². The molecule has 0 amide bonds. The molecule has 0 spiro atoms. The molecule has 1 aromatic carbocycles. The molecule has 0 radical (unpaired) electrons. The van der Waals surface area contributed by atoms with E-state index in [4.69, 9.17) is 18.0 Å². The van der Waals surface area contributed by atoms with Crippen LogP contribution in [-0.4, -0.2) is 30.8 Å². The van der Waals surface area contributed by atoms with Gasteiger partial charge in [0.05, 0.1) is 5.69 Å². The maximum absolute atomic E-state index is 12.4. The van der Waals surface area contributed by atoms with Crippen molar-refractivity contribution in [1.29, 1.82) is 0 Å². The maximum atomic E-state index is 12.4. The number of benzene rings is 1. The highest BCUT2D eigenvalue weighted by Gasteiger charge is 2.26. The molecule has 1 heterocycles. The van der Waals surface area contributed by atoms with Crippen LogP contribution < -0.4 is 10.5 Å². The zero-order valence-electron chi connectivity index (χ0n) is 11.7. The molecule has 0 unspecified atom stereocenters. The highest BCUT2D eigenvalue weighted by atomic mass is 79.9. The second kappa shape index (κ2) is 6.60. The SMILES string of the molecule is CC1CCN(S(=O)(=O)Nc2ccc(C(N)=S)cc2Br)CC1. The van der Waals surface area contributed by atoms with Crippen molar-refractivity contribution < 1.29 is 8.42 Å². The molecule has 1 fully saturated rings. The smallest absolute Gasteiger partial charge is 0.301 e. The molecular formula is C13H18BrN3O2S2. The number of nitrogens with one attached hydrogen (secondary N) is 1. The van der Waals surface area contributed by atoms with Crippen LogP contribution in [-0.2, 0) is 10.2 Å². The fourth-order valence-electron chi connectivity index (χ4n) is 2.18. The summed E-state index contributed by atoms with van der Waals surface area (Å²) in [6.45, 7) is 3.25. The highest BCUT2D eigenvalue weighted by Crippen LogP contribution is 2.26. The molecule has 5 nitrogen and oxygen atoms in total. The van der Waals surface area contributed by atoms with Crippen LogP contribution in [0.3, 0.4) is 0 Å². The Morgan fingerprint density at radius 2 is 2.05 bits per heavy atom. The molecule has 0 aliphatic carbocycles. The first kappa shape index (κ1) is 16.7. The number of halogens is 1. The van der Waals surface area contributed by atoms with Crippen LogP contribution in [0.1, 0.15) is 25.3 Å². The summed E-state index contributed by atoms with van der Waals surface area (Å²) >= 11 is 8.24. The molecule has 1 aromatic rings. The lowest BCUT2D eigenvalue weighted by atomic mass is 10.0. The zero-order chi connectivity index (χ0) is 15.6. The molecule has 1 aliphatic heterocycles. The largest absolute Gasteiger partial charge is 0.389 e. The number of nitrogens with two attached hydrogens (primary N) is 1. The molecular weight excluding hydrogens is 374 g/mol. The van der Waals surface area contributed by atoms with Crippen molar-refractivity contribution in [2.45, 2.75) is 19.8 Å². The first-order valence-corrected chi connectivity index (χ1v) is 9.31. The van der Waals surface area contributed by atoms with E-state index in [0.717, 1.165) is 12.8 Å². The van der Waals surface area contributed by atoms with Crippen molar-refractivity contribution in [3.05, 3.63) is 28.2 Å². The van der Waals surface area contributed by atoms with Gasteiger partial charge in [0.15, 0.2) is 0 Å². The third-order valence-corrected chi connectivity index (χ3v) is 5.99. The number of anilines is 1. The van der Waals surface area contributed by atoms with Gasteiger partial charge in [-0.15, -0.1) is 0 Å². The standard InChI is InChI=1S/C13H18BrN3O2S2/c1-9-4-6-17(7-5-9)21(18,19)16-12-3-2-10(13(15)20)8-11(12)14/h2-3,8-9,16H,4-7H2,1H3,(H2,15,20). The van der Waals surface area contributed by atoms with Gasteiger partial charge < -0.3 is 5.73 Å². The van der Waals surface area contributed by atoms with Crippen LogP contribution in [0.25, 0.3) is 0 Å². The lowest BCUT2D eigenvalue weighted by Gasteiger charge is -2.29. The van der Waals surface area contributed by atoms with Crippen LogP contribution in [0, 0.1) is 5.92 Å². The average Bonchev–Trinajstić information content (AvgIpc) is 2.41. The van der Waals surface area contributed by atoms with Crippen LogP contribution in [0.5, 0.6) is 0 Å². The molecule has 2 rings (SSSR count). The maximum Gasteiger partial charge on any atom is 0.301 e. The van der Waals surface area contributed by atoms with E-state index in [-0.39, 0.29) is 4.99 Å². The van der Waals surface area contributed by atoms with Gasteiger partial charge >= 0.3 is 10.2 Å². The molecule has 0 atom stereocenters. The van der Waals surface area contributed by atoms with Gasteiger partial charge in [-0.3, -0.25) is 4.72 Å². The summed E-state index contributed by atoms with van der Waals surface area (Å²) in [7, 11) is -3.53. The molecule has 0 bridgehead atoms. The van der Waals surface area contributed by atoms with Crippen LogP contribution in [0.15, 0.2) is 22.7 Å². The summed E-state index contributed by atoms with van der Waals surface area (Å²) in [6, 6.07) is 5.06. The van der Waals surface area contributed by atoms with E-state index in [0.29, 0.717) is 34.7 Å². The number of rotatable bonds is 4. The first-order chi connectivity index (χ1) is 9.79. The predicted octanol–water partition coefficient (Wildman–Crippen LogP) is 2.47. The Hall–Kier alpha value is -0.700. The topological polar surface area (TPSA) is 75.4 Å². The summed E-state index contributed by atoms with van der Waals surface area (Å²) < 4.78 is 29.5. The summed E-state index contributed by atoms with van der Waals surface area (Å²) in [4.78, 5) is 0.273. The number of thiocarbonyl (C=S) groups is 1. The van der Waals surface area contributed by atoms with Crippen LogP contribution in [0.2, 0.25) is 0 Å². The fraction of sp³-hybridized carbons (Fsp3) is 0.462. The van der Waals surface area contributed by atoms with E-state index < -0.39 is 10.2 Å². The third kappa shape index (κ3) is 4.15. The van der Waals surface area contributed by atoms with Gasteiger partial charge in [-0.2, -0.15) is 12.7 Å². The van der Waals surface area contributed by atoms with E-state index in [9.17, 15) is 8.42 Å². The number of nitrogens with zero attached hydrogens (tertiary/aromatic N) is 1. The van der Waals surface area contributed by atoms with E-state index in [2.05, 4.69) is 27.6 Å². The van der Waals surface area contributed by atoms with E-state index in [1.54, 1.807) is 18.2 Å². The van der Waals surface area contributed by atoms with Crippen LogP contribution in [0.4, 0.5) is 5.69 Å². The molecule has 3 N–H and O–H groups in total. The zero-order valence-corrected chi connectivity index (χ0v) is 14.9. The average molecular weight is 392 g/mol. The minimum Gasteiger partial charge on any atom is -0.389 e. The van der Waals surface area contributed by atoms with Crippen molar-refractivity contribution in [2.75, 3.05) is 17.8 Å². The van der Waals surface area contributed by atoms with Gasteiger partial charge in [0.25, 0.3) is 0 Å². The summed E-state index contributed by atoms with van der Waals surface area (Å²) in [5.41, 5.74) is 6.72. The van der Waals surface area contributed by atoms with Gasteiger partial charge in [0.2, 0.25) is 0 Å². The molecule has 0 aromatic heterocycles. The molecule has 8 heteroatoms. The van der Waals surface area contributed by atoms with Crippen molar-refractivity contribution in [2.24, 2.45) is 11.7 Å². The first-order valence-electron chi connectivity index (χ1n) is 6.67. The monoisotopic (exact) mass is 391 g/mol. The van der Waals surface area contributed by atoms with Gasteiger partial charge in [0, 0.05) is 23.1 Å². The summed E-state index contributed by atoms with van der Waals surface area (Å²) in [5.74, 6) is 0.577. The molecule has 21 heavy (non-hydrogen) atoms. The lowest BCUT2D eigenvalue weighted by Crippen LogP contribution is -2.41. The Kier molecular flexibility index (Phi) is 5.24. The Labute approximate surface area is 139 Å². The Bertz CT molecular complexity index is 641. The number of hydrogen-bond donors (Lipinski definition) is 2. The Morgan fingerprint density at radius 1 is 1.43 bits per heavy atom. The number of hydrogen-bond acceptors (Lipinski definition) is 3. The number of piperidine rings is 1. The predicted molar refractivity (Wildman–Crippen MR) is 92.5 cm³/mol. The minimum absolute atomic E-state index is 0.273. The van der Waals surface area contributed by atoms with Crippen molar-refractivity contribution in [1.82, 2.24) is 4.31 Å². The summed E-state index contributed by atoms with van der Waals surface area (Å²) in [5, 5.41) is 0. The van der Waals surface area contributed by atoms with Crippen LogP contribution >= 0.6 is 28.1 Å². The van der Waals surface area contributed by atoms with Crippen molar-refractivity contribution in [3.63, 3.8) is 0 Å². The van der Waals surface area contributed by atoms with E-state index >= 15 is 0 Å². The molecule has 116 valence electrons. The molecule has 1 saturated heterocycles. The van der Waals surface area contributed by atoms with Gasteiger partial charge in [0.1, 0.15) is 4.99 Å². The second-order valence-corrected chi connectivity index (χ2v) is 8.21. The third-order valence-electron chi connectivity index (χ3n) is 3.58. The van der Waals surface area contributed by atoms with E-state index in [1.165, 1.54) is 4.31 Å². The van der Waals surface area contributed by atoms with Gasteiger partial charge in [-0.1, -0.05) is 19.1 Å². The quantitative estimate of drug-likeness (QED) is 0.772. The normalized spacial score (nSPS) is 17.6. The van der Waals surface area contributed by atoms with Crippen molar-refractivity contribution in [3.8, 4) is 0 Å². The fourth-order valence-corrected chi connectivity index (χ4v) is 4.19. The van der Waals surface area contributed by atoms with E-state index in [1.807, 2.05) is 0 Å². The molecule has 1 aliphatic rings. The lowest BCUT2D eigenvalue weighted by molar-refractivity contribution is 0.289. The van der Waals surface area contributed by atoms with Gasteiger partial charge in [-0.25, -0.2) is 0 Å². The Balaban J connectivity index is 2.15. The highest BCUT2D eigenvalue weighted by molar-refractivity contribution is 9.10. The summed E-state index contributed by atoms with van der Waals surface area (Å²) in [6.07, 6.45) is 1.78. The molecule has 0 saturated carbocycles. The second-order valence-electron chi connectivity index (χ2n) is 5.25.